The first-order valence-electron chi connectivity index (χ1n) is 8.62. The highest BCUT2D eigenvalue weighted by atomic mass is 32.1. The fraction of sp³-hybridized carbons (Fsp3) is 0.688. The van der Waals surface area contributed by atoms with Crippen LogP contribution in [0.3, 0.4) is 0 Å². The maximum Gasteiger partial charge on any atom is 0.326 e. The molecule has 0 aliphatic carbocycles. The van der Waals surface area contributed by atoms with E-state index in [-0.39, 0.29) is 24.5 Å². The van der Waals surface area contributed by atoms with Gasteiger partial charge >= 0.3 is 11.9 Å². The van der Waals surface area contributed by atoms with Gasteiger partial charge in [0.25, 0.3) is 0 Å². The summed E-state index contributed by atoms with van der Waals surface area (Å²) < 4.78 is 0. The summed E-state index contributed by atoms with van der Waals surface area (Å²) in [5, 5.41) is 24.8. The van der Waals surface area contributed by atoms with Crippen molar-refractivity contribution in [3.63, 3.8) is 0 Å². The van der Waals surface area contributed by atoms with Gasteiger partial charge in [-0.15, -0.1) is 0 Å². The second-order valence-electron chi connectivity index (χ2n) is 6.58. The summed E-state index contributed by atoms with van der Waals surface area (Å²) in [6.45, 7) is 4.61. The van der Waals surface area contributed by atoms with Gasteiger partial charge in [0, 0.05) is 12.2 Å². The lowest BCUT2D eigenvalue weighted by atomic mass is 10.0. The molecule has 12 heteroatoms. The molecule has 4 unspecified atom stereocenters. The van der Waals surface area contributed by atoms with Gasteiger partial charge in [-0.2, -0.15) is 12.6 Å². The molecular weight excluding hydrogens is 392 g/mol. The van der Waals surface area contributed by atoms with E-state index in [2.05, 4.69) is 28.6 Å². The number of thiol groups is 1. The van der Waals surface area contributed by atoms with Crippen LogP contribution in [0.5, 0.6) is 0 Å². The lowest BCUT2D eigenvalue weighted by Crippen LogP contribution is -2.57. The molecule has 0 saturated carbocycles. The molecule has 0 aliphatic heterocycles. The van der Waals surface area contributed by atoms with Crippen LogP contribution in [0.25, 0.3) is 0 Å². The van der Waals surface area contributed by atoms with E-state index < -0.39 is 53.8 Å². The zero-order chi connectivity index (χ0) is 22.0. The third-order valence-corrected chi connectivity index (χ3v) is 4.17. The predicted molar refractivity (Wildman–Crippen MR) is 103 cm³/mol. The molecule has 0 aliphatic rings. The van der Waals surface area contributed by atoms with Crippen LogP contribution in [0.2, 0.25) is 0 Å². The summed E-state index contributed by atoms with van der Waals surface area (Å²) in [5.74, 6) is -4.91. The van der Waals surface area contributed by atoms with E-state index in [9.17, 15) is 24.0 Å². The quantitative estimate of drug-likeness (QED) is 0.182. The maximum absolute atomic E-state index is 12.2. The van der Waals surface area contributed by atoms with E-state index in [1.165, 1.54) is 6.92 Å². The standard InChI is InChI=1S/C16H28N4O7S/c1-7(2)12(16(26)27)20-15(25)10(6-28)19-13(23)8(3)18-14(24)9(17)4-5-11(21)22/h7-10,12,28H,4-6,17H2,1-3H3,(H,18,24)(H,19,23)(H,20,25)(H,21,22)(H,26,27). The molecule has 0 rings (SSSR count). The number of carboxylic acids is 2. The normalized spacial score (nSPS) is 15.1. The summed E-state index contributed by atoms with van der Waals surface area (Å²) >= 11 is 3.99. The fourth-order valence-electron chi connectivity index (χ4n) is 2.05. The molecule has 0 spiro atoms. The van der Waals surface area contributed by atoms with Gasteiger partial charge in [0.15, 0.2) is 0 Å². The van der Waals surface area contributed by atoms with E-state index in [0.717, 1.165) is 0 Å². The van der Waals surface area contributed by atoms with Crippen molar-refractivity contribution in [3.8, 4) is 0 Å². The number of nitrogens with two attached hydrogens (primary N) is 1. The third-order valence-electron chi connectivity index (χ3n) is 3.80. The smallest absolute Gasteiger partial charge is 0.326 e. The topological polar surface area (TPSA) is 188 Å². The zero-order valence-corrected chi connectivity index (χ0v) is 16.9. The highest BCUT2D eigenvalue weighted by molar-refractivity contribution is 7.80. The Hall–Kier alpha value is -2.34. The van der Waals surface area contributed by atoms with Gasteiger partial charge in [-0.1, -0.05) is 13.8 Å². The Labute approximate surface area is 168 Å². The molecule has 0 heterocycles. The fourth-order valence-corrected chi connectivity index (χ4v) is 2.31. The molecular formula is C16H28N4O7S. The first-order chi connectivity index (χ1) is 12.9. The van der Waals surface area contributed by atoms with Gasteiger partial charge < -0.3 is 31.9 Å². The van der Waals surface area contributed by atoms with E-state index in [1.54, 1.807) is 13.8 Å². The van der Waals surface area contributed by atoms with Crippen molar-refractivity contribution < 1.29 is 34.2 Å². The summed E-state index contributed by atoms with van der Waals surface area (Å²) in [6, 6.07) is -4.40. The van der Waals surface area contributed by atoms with Crippen molar-refractivity contribution in [2.45, 2.75) is 57.8 Å². The number of amides is 3. The van der Waals surface area contributed by atoms with Gasteiger partial charge in [0.2, 0.25) is 17.7 Å². The number of carboxylic acid groups (broad SMARTS) is 2. The molecule has 11 nitrogen and oxygen atoms in total. The van der Waals surface area contributed by atoms with Crippen LogP contribution in [0.1, 0.15) is 33.6 Å². The van der Waals surface area contributed by atoms with Crippen LogP contribution in [-0.4, -0.2) is 69.8 Å². The summed E-state index contributed by atoms with van der Waals surface area (Å²) in [5.41, 5.74) is 5.56. The van der Waals surface area contributed by atoms with Crippen LogP contribution in [0, 0.1) is 5.92 Å². The number of aliphatic carboxylic acids is 2. The molecule has 28 heavy (non-hydrogen) atoms. The van der Waals surface area contributed by atoms with E-state index in [0.29, 0.717) is 0 Å². The second-order valence-corrected chi connectivity index (χ2v) is 6.95. The largest absolute Gasteiger partial charge is 0.481 e. The van der Waals surface area contributed by atoms with E-state index in [1.807, 2.05) is 0 Å². The van der Waals surface area contributed by atoms with Gasteiger partial charge in [-0.05, 0) is 19.3 Å². The molecule has 0 aromatic heterocycles. The van der Waals surface area contributed by atoms with Crippen LogP contribution in [0.15, 0.2) is 0 Å². The second kappa shape index (κ2) is 12.2. The molecule has 0 fully saturated rings. The summed E-state index contributed by atoms with van der Waals surface area (Å²) in [6.07, 6.45) is -0.388. The third kappa shape index (κ3) is 9.04. The number of carbonyl (C=O) groups excluding carboxylic acids is 3. The minimum absolute atomic E-state index is 0.0943. The van der Waals surface area contributed by atoms with Crippen molar-refractivity contribution in [3.05, 3.63) is 0 Å². The number of hydrogen-bond donors (Lipinski definition) is 7. The Kier molecular flexibility index (Phi) is 11.2. The van der Waals surface area contributed by atoms with Crippen molar-refractivity contribution in [1.29, 1.82) is 0 Å². The van der Waals surface area contributed by atoms with Crippen LogP contribution in [0.4, 0.5) is 0 Å². The summed E-state index contributed by atoms with van der Waals surface area (Å²) in [7, 11) is 0. The maximum atomic E-state index is 12.2. The molecule has 7 N–H and O–H groups in total. The van der Waals surface area contributed by atoms with E-state index >= 15 is 0 Å². The number of rotatable bonds is 12. The van der Waals surface area contributed by atoms with Crippen molar-refractivity contribution in [1.82, 2.24) is 16.0 Å². The molecule has 4 atom stereocenters. The molecule has 0 aromatic carbocycles. The first-order valence-corrected chi connectivity index (χ1v) is 9.26. The van der Waals surface area contributed by atoms with Crippen LogP contribution < -0.4 is 21.7 Å². The lowest BCUT2D eigenvalue weighted by molar-refractivity contribution is -0.143. The Morgan fingerprint density at radius 2 is 1.50 bits per heavy atom. The number of nitrogens with one attached hydrogen (secondary N) is 3. The molecule has 0 aromatic rings. The van der Waals surface area contributed by atoms with Crippen molar-refractivity contribution in [2.75, 3.05) is 5.75 Å². The van der Waals surface area contributed by atoms with Gasteiger partial charge in [0.1, 0.15) is 18.1 Å². The minimum Gasteiger partial charge on any atom is -0.481 e. The van der Waals surface area contributed by atoms with Crippen LogP contribution >= 0.6 is 12.6 Å². The van der Waals surface area contributed by atoms with Crippen molar-refractivity contribution in [2.24, 2.45) is 11.7 Å². The Balaban J connectivity index is 4.77. The molecule has 3 amide bonds. The highest BCUT2D eigenvalue weighted by Crippen LogP contribution is 2.03. The van der Waals surface area contributed by atoms with Gasteiger partial charge in [-0.25, -0.2) is 4.79 Å². The number of carbonyl (C=O) groups is 5. The Bertz CT molecular complexity index is 600. The minimum atomic E-state index is -1.21. The average molecular weight is 420 g/mol. The molecule has 0 bridgehead atoms. The van der Waals surface area contributed by atoms with E-state index in [4.69, 9.17) is 15.9 Å². The van der Waals surface area contributed by atoms with Crippen LogP contribution in [-0.2, 0) is 24.0 Å². The lowest BCUT2D eigenvalue weighted by Gasteiger charge is -2.24. The predicted octanol–water partition coefficient (Wildman–Crippen LogP) is -1.68. The number of hydrogen-bond acceptors (Lipinski definition) is 7. The Morgan fingerprint density at radius 3 is 1.93 bits per heavy atom. The monoisotopic (exact) mass is 420 g/mol. The molecule has 0 radical (unpaired) electrons. The molecule has 160 valence electrons. The SMILES string of the molecule is CC(NC(=O)C(N)CCC(=O)O)C(=O)NC(CS)C(=O)NC(C(=O)O)C(C)C. The van der Waals surface area contributed by atoms with Gasteiger partial charge in [-0.3, -0.25) is 19.2 Å². The van der Waals surface area contributed by atoms with Crippen molar-refractivity contribution >= 4 is 42.3 Å². The summed E-state index contributed by atoms with van der Waals surface area (Å²) in [4.78, 5) is 58.0. The molecule has 0 saturated heterocycles. The highest BCUT2D eigenvalue weighted by Gasteiger charge is 2.29. The Morgan fingerprint density at radius 1 is 0.929 bits per heavy atom. The average Bonchev–Trinajstić information content (AvgIpc) is 2.60. The van der Waals surface area contributed by atoms with Gasteiger partial charge in [0.05, 0.1) is 6.04 Å². The first kappa shape index (κ1) is 25.7. The zero-order valence-electron chi connectivity index (χ0n) is 16.0.